The van der Waals surface area contributed by atoms with Crippen LogP contribution in [0.4, 0.5) is 0 Å². The molecule has 0 saturated carbocycles. The molecule has 1 fully saturated rings. The molecule has 66 valence electrons. The van der Waals surface area contributed by atoms with Gasteiger partial charge in [0.1, 0.15) is 24.4 Å². The molecule has 0 aromatic carbocycles. The van der Waals surface area contributed by atoms with Gasteiger partial charge in [0.2, 0.25) is 0 Å². The normalized spacial score (nSPS) is 44.7. The molecule has 0 aromatic rings. The molecule has 0 aliphatic carbocycles. The Balaban J connectivity index is 2.53. The predicted octanol–water partition coefficient (Wildman–Crippen LogP) is -2.54. The minimum absolute atomic E-state index is 0.352. The van der Waals surface area contributed by atoms with E-state index in [0.717, 1.165) is 0 Å². The molecule has 4 atom stereocenters. The molecule has 5 nitrogen and oxygen atoms in total. The Morgan fingerprint density at radius 1 is 0.909 bits per heavy atom. The van der Waals surface area contributed by atoms with E-state index in [4.69, 9.17) is 25.2 Å². The second kappa shape index (κ2) is 3.46. The molecule has 0 spiro atoms. The Hall–Kier alpha value is -0.200. The number of aliphatic hydroxyl groups is 4. The summed E-state index contributed by atoms with van der Waals surface area (Å²) in [6.07, 6.45) is -3.75. The van der Waals surface area contributed by atoms with Crippen LogP contribution < -0.4 is 0 Å². The fraction of sp³-hybridized carbons (Fsp3) is 1.00. The lowest BCUT2D eigenvalue weighted by Gasteiger charge is -2.10. The predicted molar refractivity (Wildman–Crippen MR) is 34.8 cm³/mol. The highest BCUT2D eigenvalue weighted by atomic mass is 16.6. The van der Waals surface area contributed by atoms with Crippen LogP contribution in [0.15, 0.2) is 0 Å². The van der Waals surface area contributed by atoms with Crippen molar-refractivity contribution >= 4 is 0 Å². The minimum atomic E-state index is -1.10. The smallest absolute Gasteiger partial charge is 0.111 e. The van der Waals surface area contributed by atoms with Gasteiger partial charge >= 0.3 is 0 Å². The largest absolute Gasteiger partial charge is 0.394 e. The van der Waals surface area contributed by atoms with Crippen LogP contribution in [0.2, 0.25) is 0 Å². The number of aliphatic hydroxyl groups excluding tert-OH is 4. The number of ether oxygens (including phenoxy) is 1. The number of hydrogen-bond donors (Lipinski definition) is 4. The highest BCUT2D eigenvalue weighted by Gasteiger charge is 2.41. The molecule has 4 N–H and O–H groups in total. The molecule has 5 heteroatoms. The lowest BCUT2D eigenvalue weighted by atomic mass is 10.1. The molecular weight excluding hydrogens is 152 g/mol. The molecule has 0 unspecified atom stereocenters. The summed E-state index contributed by atoms with van der Waals surface area (Å²) in [4.78, 5) is 0. The first-order valence-electron chi connectivity index (χ1n) is 3.44. The standard InChI is InChI=1S/C6H12O5/c7-1-3-5(9)6(10)4(2-8)11-3/h3-10H,1-2H2/t3-,4+,5-,6+. The second-order valence-corrected chi connectivity index (χ2v) is 2.56. The summed E-state index contributed by atoms with van der Waals surface area (Å²) >= 11 is 0. The third kappa shape index (κ3) is 1.52. The summed E-state index contributed by atoms with van der Waals surface area (Å²) < 4.78 is 4.88. The SMILES string of the molecule is OC[C@@H]1O[C@H](CO)[C@@H](O)[C@H]1O. The average molecular weight is 164 g/mol. The summed E-state index contributed by atoms with van der Waals surface area (Å²) in [5.74, 6) is 0. The van der Waals surface area contributed by atoms with Gasteiger partial charge in [0, 0.05) is 0 Å². The van der Waals surface area contributed by atoms with Crippen molar-refractivity contribution in [1.29, 1.82) is 0 Å². The van der Waals surface area contributed by atoms with Crippen molar-refractivity contribution in [2.24, 2.45) is 0 Å². The zero-order valence-corrected chi connectivity index (χ0v) is 5.92. The van der Waals surface area contributed by atoms with E-state index in [1.54, 1.807) is 0 Å². The third-order valence-corrected chi connectivity index (χ3v) is 1.82. The lowest BCUT2D eigenvalue weighted by molar-refractivity contribution is -0.0395. The summed E-state index contributed by atoms with van der Waals surface area (Å²) in [7, 11) is 0. The molecule has 1 rings (SSSR count). The van der Waals surface area contributed by atoms with E-state index in [2.05, 4.69) is 0 Å². The van der Waals surface area contributed by atoms with Crippen LogP contribution in [0.25, 0.3) is 0 Å². The number of hydrogen-bond acceptors (Lipinski definition) is 5. The van der Waals surface area contributed by atoms with Gasteiger partial charge in [-0.3, -0.25) is 0 Å². The van der Waals surface area contributed by atoms with Crippen molar-refractivity contribution in [2.75, 3.05) is 13.2 Å². The van der Waals surface area contributed by atoms with Gasteiger partial charge in [-0.25, -0.2) is 0 Å². The Labute approximate surface area is 63.8 Å². The maximum absolute atomic E-state index is 9.11. The molecule has 1 saturated heterocycles. The summed E-state index contributed by atoms with van der Waals surface area (Å²) in [5, 5.41) is 35.4. The van der Waals surface area contributed by atoms with Gasteiger partial charge < -0.3 is 25.2 Å². The van der Waals surface area contributed by atoms with Crippen LogP contribution in [0, 0.1) is 0 Å². The first-order valence-corrected chi connectivity index (χ1v) is 3.44. The van der Waals surface area contributed by atoms with Crippen molar-refractivity contribution in [3.05, 3.63) is 0 Å². The van der Waals surface area contributed by atoms with E-state index in [9.17, 15) is 0 Å². The highest BCUT2D eigenvalue weighted by Crippen LogP contribution is 2.20. The van der Waals surface area contributed by atoms with E-state index in [0.29, 0.717) is 0 Å². The van der Waals surface area contributed by atoms with E-state index < -0.39 is 24.4 Å². The monoisotopic (exact) mass is 164 g/mol. The minimum Gasteiger partial charge on any atom is -0.394 e. The summed E-state index contributed by atoms with van der Waals surface area (Å²) in [6, 6.07) is 0. The van der Waals surface area contributed by atoms with Crippen molar-refractivity contribution in [3.63, 3.8) is 0 Å². The van der Waals surface area contributed by atoms with Crippen molar-refractivity contribution in [3.8, 4) is 0 Å². The highest BCUT2D eigenvalue weighted by molar-refractivity contribution is 4.89. The van der Waals surface area contributed by atoms with Gasteiger partial charge in [-0.2, -0.15) is 0 Å². The van der Waals surface area contributed by atoms with Crippen molar-refractivity contribution in [1.82, 2.24) is 0 Å². The van der Waals surface area contributed by atoms with E-state index in [-0.39, 0.29) is 13.2 Å². The molecule has 11 heavy (non-hydrogen) atoms. The molecule has 0 radical (unpaired) electrons. The number of rotatable bonds is 2. The molecule has 1 heterocycles. The summed E-state index contributed by atoms with van der Waals surface area (Å²) in [6.45, 7) is -0.705. The van der Waals surface area contributed by atoms with Gasteiger partial charge in [-0.15, -0.1) is 0 Å². The van der Waals surface area contributed by atoms with Crippen LogP contribution in [0.3, 0.4) is 0 Å². The van der Waals surface area contributed by atoms with Gasteiger partial charge in [-0.1, -0.05) is 0 Å². The second-order valence-electron chi connectivity index (χ2n) is 2.56. The van der Waals surface area contributed by atoms with Gasteiger partial charge in [0.05, 0.1) is 13.2 Å². The maximum Gasteiger partial charge on any atom is 0.111 e. The zero-order chi connectivity index (χ0) is 8.43. The van der Waals surface area contributed by atoms with E-state index >= 15 is 0 Å². The van der Waals surface area contributed by atoms with Gasteiger partial charge in [-0.05, 0) is 0 Å². The van der Waals surface area contributed by atoms with Crippen molar-refractivity contribution < 1.29 is 25.2 Å². The van der Waals surface area contributed by atoms with Crippen LogP contribution >= 0.6 is 0 Å². The van der Waals surface area contributed by atoms with Crippen molar-refractivity contribution in [2.45, 2.75) is 24.4 Å². The lowest BCUT2D eigenvalue weighted by Crippen LogP contribution is -2.34. The van der Waals surface area contributed by atoms with E-state index in [1.165, 1.54) is 0 Å². The maximum atomic E-state index is 9.11. The quantitative estimate of drug-likeness (QED) is 0.361. The van der Waals surface area contributed by atoms with Crippen LogP contribution in [0.5, 0.6) is 0 Å². The fourth-order valence-corrected chi connectivity index (χ4v) is 1.13. The molecule has 1 aliphatic rings. The molecule has 0 amide bonds. The van der Waals surface area contributed by atoms with Crippen LogP contribution in [-0.2, 0) is 4.74 Å². The zero-order valence-electron chi connectivity index (χ0n) is 5.92. The summed E-state index contributed by atoms with van der Waals surface area (Å²) in [5.41, 5.74) is 0. The third-order valence-electron chi connectivity index (χ3n) is 1.82. The van der Waals surface area contributed by atoms with Crippen LogP contribution in [0.1, 0.15) is 0 Å². The van der Waals surface area contributed by atoms with Crippen LogP contribution in [-0.4, -0.2) is 58.1 Å². The molecule has 1 aliphatic heterocycles. The fourth-order valence-electron chi connectivity index (χ4n) is 1.13. The van der Waals surface area contributed by atoms with E-state index in [1.807, 2.05) is 0 Å². The molecule has 0 aromatic heterocycles. The Kier molecular flexibility index (Phi) is 2.80. The average Bonchev–Trinajstić information content (AvgIpc) is 2.30. The molecule has 0 bridgehead atoms. The van der Waals surface area contributed by atoms with Gasteiger partial charge in [0.15, 0.2) is 0 Å². The Bertz CT molecular complexity index is 110. The topological polar surface area (TPSA) is 90.2 Å². The first-order chi connectivity index (χ1) is 5.20. The Morgan fingerprint density at radius 3 is 1.45 bits per heavy atom. The first kappa shape index (κ1) is 8.89. The molecular formula is C6H12O5. The Morgan fingerprint density at radius 2 is 1.27 bits per heavy atom. The van der Waals surface area contributed by atoms with Gasteiger partial charge in [0.25, 0.3) is 0 Å².